The molecule has 5 rings (SSSR count). The van der Waals surface area contributed by atoms with Gasteiger partial charge in [-0.15, -0.1) is 0 Å². The number of ether oxygens (including phenoxy) is 1. The van der Waals surface area contributed by atoms with E-state index >= 15 is 0 Å². The number of aryl methyl sites for hydroxylation is 2. The van der Waals surface area contributed by atoms with Crippen molar-refractivity contribution >= 4 is 32.8 Å². The quantitative estimate of drug-likeness (QED) is 0.203. The molecular formula is C32H29BrN2O3. The molecule has 0 fully saturated rings. The van der Waals surface area contributed by atoms with Crippen molar-refractivity contribution < 1.29 is 13.9 Å². The van der Waals surface area contributed by atoms with Crippen LogP contribution in [0.4, 0.5) is 4.79 Å². The fourth-order valence-electron chi connectivity index (χ4n) is 4.65. The lowest BCUT2D eigenvalue weighted by molar-refractivity contribution is 0.0900. The summed E-state index contributed by atoms with van der Waals surface area (Å²) in [6.07, 6.45) is 0.272. The van der Waals surface area contributed by atoms with Crippen LogP contribution in [-0.2, 0) is 11.2 Å². The average molecular weight is 569 g/mol. The first-order valence-corrected chi connectivity index (χ1v) is 13.5. The van der Waals surface area contributed by atoms with Gasteiger partial charge in [-0.25, -0.2) is 9.78 Å². The minimum absolute atomic E-state index is 0.217. The maximum Gasteiger partial charge on any atom is 0.408 e. The van der Waals surface area contributed by atoms with Gasteiger partial charge in [0.2, 0.25) is 5.89 Å². The standard InChI is InChI=1S/C32H29BrN2O3/c1-21(27-14-8-12-23-9-6-7-13-28(23)27)34-32(36)38-30(24-15-17-26(33)18-16-24)20-19-29-22(2)37-31(35-29)25-10-4-3-5-11-25/h3-18,21,30H,19-20H2,1-2H3,(H,34,36)/t21-,30+/m1/s1. The molecule has 0 saturated heterocycles. The van der Waals surface area contributed by atoms with Gasteiger partial charge in [-0.05, 0) is 72.9 Å². The molecule has 2 atom stereocenters. The molecule has 4 aromatic carbocycles. The maximum atomic E-state index is 13.1. The van der Waals surface area contributed by atoms with Crippen molar-refractivity contribution in [3.63, 3.8) is 0 Å². The van der Waals surface area contributed by atoms with Gasteiger partial charge in [-0.1, -0.05) is 88.7 Å². The second kappa shape index (κ2) is 11.7. The molecule has 0 unspecified atom stereocenters. The van der Waals surface area contributed by atoms with Gasteiger partial charge in [0.15, 0.2) is 0 Å². The van der Waals surface area contributed by atoms with Gasteiger partial charge in [0.05, 0.1) is 11.7 Å². The Morgan fingerprint density at radius 2 is 1.66 bits per heavy atom. The Bertz CT molecular complexity index is 1520. The molecule has 6 heteroatoms. The van der Waals surface area contributed by atoms with Crippen LogP contribution in [0.25, 0.3) is 22.2 Å². The van der Waals surface area contributed by atoms with Crippen molar-refractivity contribution in [3.05, 3.63) is 124 Å². The Morgan fingerprint density at radius 3 is 2.45 bits per heavy atom. The van der Waals surface area contributed by atoms with Gasteiger partial charge in [-0.2, -0.15) is 0 Å². The van der Waals surface area contributed by atoms with E-state index in [4.69, 9.17) is 14.1 Å². The van der Waals surface area contributed by atoms with Gasteiger partial charge in [-0.3, -0.25) is 0 Å². The van der Waals surface area contributed by atoms with E-state index in [0.717, 1.165) is 43.4 Å². The monoisotopic (exact) mass is 568 g/mol. The molecule has 0 radical (unpaired) electrons. The van der Waals surface area contributed by atoms with Crippen molar-refractivity contribution in [2.24, 2.45) is 0 Å². The average Bonchev–Trinajstić information content (AvgIpc) is 3.32. The Morgan fingerprint density at radius 1 is 0.947 bits per heavy atom. The Balaban J connectivity index is 1.31. The second-order valence-corrected chi connectivity index (χ2v) is 10.2. The molecule has 0 spiro atoms. The molecule has 0 aliphatic rings. The first-order chi connectivity index (χ1) is 18.5. The van der Waals surface area contributed by atoms with Crippen molar-refractivity contribution in [1.29, 1.82) is 0 Å². The van der Waals surface area contributed by atoms with E-state index in [0.29, 0.717) is 18.7 Å². The van der Waals surface area contributed by atoms with Gasteiger partial charge in [0, 0.05) is 10.0 Å². The van der Waals surface area contributed by atoms with Gasteiger partial charge >= 0.3 is 6.09 Å². The largest absolute Gasteiger partial charge is 0.441 e. The highest BCUT2D eigenvalue weighted by Crippen LogP contribution is 2.29. The summed E-state index contributed by atoms with van der Waals surface area (Å²) in [6, 6.07) is 31.8. The van der Waals surface area contributed by atoms with Crippen LogP contribution in [0.5, 0.6) is 0 Å². The number of hydrogen-bond donors (Lipinski definition) is 1. The number of halogens is 1. The first kappa shape index (κ1) is 25.7. The Kier molecular flexibility index (Phi) is 7.89. The van der Waals surface area contributed by atoms with Gasteiger partial charge in [0.1, 0.15) is 11.9 Å². The molecular weight excluding hydrogens is 540 g/mol. The highest BCUT2D eigenvalue weighted by atomic mass is 79.9. The van der Waals surface area contributed by atoms with E-state index in [1.807, 2.05) is 92.7 Å². The maximum absolute atomic E-state index is 13.1. The molecule has 0 bridgehead atoms. The number of benzene rings is 4. The zero-order chi connectivity index (χ0) is 26.5. The van der Waals surface area contributed by atoms with Crippen LogP contribution in [0.3, 0.4) is 0 Å². The summed E-state index contributed by atoms with van der Waals surface area (Å²) in [4.78, 5) is 17.8. The van der Waals surface area contributed by atoms with E-state index in [9.17, 15) is 4.79 Å². The molecule has 5 aromatic rings. The van der Waals surface area contributed by atoms with Crippen LogP contribution in [0, 0.1) is 6.92 Å². The first-order valence-electron chi connectivity index (χ1n) is 12.7. The lowest BCUT2D eigenvalue weighted by atomic mass is 10.00. The molecule has 0 saturated carbocycles. The van der Waals surface area contributed by atoms with Crippen molar-refractivity contribution in [3.8, 4) is 11.5 Å². The molecule has 0 aliphatic carbocycles. The highest BCUT2D eigenvalue weighted by molar-refractivity contribution is 9.10. The van der Waals surface area contributed by atoms with E-state index in [1.54, 1.807) is 0 Å². The summed E-state index contributed by atoms with van der Waals surface area (Å²) in [7, 11) is 0. The van der Waals surface area contributed by atoms with Crippen LogP contribution < -0.4 is 5.32 Å². The summed E-state index contributed by atoms with van der Waals surface area (Å²) in [6.45, 7) is 3.89. The highest BCUT2D eigenvalue weighted by Gasteiger charge is 2.21. The predicted octanol–water partition coefficient (Wildman–Crippen LogP) is 8.73. The third-order valence-corrected chi connectivity index (χ3v) is 7.20. The number of carbonyl (C=O) groups excluding carboxylic acids is 1. The van der Waals surface area contributed by atoms with Crippen molar-refractivity contribution in [1.82, 2.24) is 10.3 Å². The fourth-order valence-corrected chi connectivity index (χ4v) is 4.91. The van der Waals surface area contributed by atoms with Crippen LogP contribution in [-0.4, -0.2) is 11.1 Å². The molecule has 1 aromatic heterocycles. The van der Waals surface area contributed by atoms with Crippen molar-refractivity contribution in [2.45, 2.75) is 38.8 Å². The summed E-state index contributed by atoms with van der Waals surface area (Å²) in [5.41, 5.74) is 3.76. The molecule has 38 heavy (non-hydrogen) atoms. The Labute approximate surface area is 231 Å². The molecule has 1 amide bonds. The zero-order valence-corrected chi connectivity index (χ0v) is 22.9. The van der Waals surface area contributed by atoms with Crippen LogP contribution in [0.1, 0.15) is 48.1 Å². The molecule has 1 heterocycles. The smallest absolute Gasteiger partial charge is 0.408 e. The van der Waals surface area contributed by atoms with E-state index in [2.05, 4.69) is 39.4 Å². The SMILES string of the molecule is Cc1oc(-c2ccccc2)nc1CC[C@H](OC(=O)N[C@H](C)c1cccc2ccccc12)c1ccc(Br)cc1. The zero-order valence-electron chi connectivity index (χ0n) is 21.4. The third-order valence-electron chi connectivity index (χ3n) is 6.67. The Hall–Kier alpha value is -3.90. The third kappa shape index (κ3) is 5.97. The lowest BCUT2D eigenvalue weighted by Crippen LogP contribution is -2.29. The number of amides is 1. The number of nitrogens with zero attached hydrogens (tertiary/aromatic N) is 1. The van der Waals surface area contributed by atoms with Crippen LogP contribution in [0.15, 0.2) is 106 Å². The summed E-state index contributed by atoms with van der Waals surface area (Å²) in [5, 5.41) is 5.28. The summed E-state index contributed by atoms with van der Waals surface area (Å²) >= 11 is 3.49. The van der Waals surface area contributed by atoms with E-state index in [-0.39, 0.29) is 6.04 Å². The normalized spacial score (nSPS) is 12.7. The number of oxazole rings is 1. The van der Waals surface area contributed by atoms with E-state index in [1.165, 1.54) is 0 Å². The number of hydrogen-bond acceptors (Lipinski definition) is 4. The molecule has 0 aliphatic heterocycles. The number of fused-ring (bicyclic) bond motifs is 1. The minimum Gasteiger partial charge on any atom is -0.441 e. The second-order valence-electron chi connectivity index (χ2n) is 9.31. The molecule has 192 valence electrons. The number of carbonyl (C=O) groups is 1. The fraction of sp³-hybridized carbons (Fsp3) is 0.188. The van der Waals surface area contributed by atoms with Crippen LogP contribution in [0.2, 0.25) is 0 Å². The van der Waals surface area contributed by atoms with Gasteiger partial charge < -0.3 is 14.5 Å². The number of rotatable bonds is 8. The molecule has 1 N–H and O–H groups in total. The van der Waals surface area contributed by atoms with E-state index < -0.39 is 12.2 Å². The van der Waals surface area contributed by atoms with Crippen molar-refractivity contribution in [2.75, 3.05) is 0 Å². The summed E-state index contributed by atoms with van der Waals surface area (Å²) in [5.74, 6) is 1.37. The lowest BCUT2D eigenvalue weighted by Gasteiger charge is -2.21. The summed E-state index contributed by atoms with van der Waals surface area (Å²) < 4.78 is 12.9. The number of alkyl carbamates (subject to hydrolysis) is 1. The molecule has 5 nitrogen and oxygen atoms in total. The predicted molar refractivity (Wildman–Crippen MR) is 154 cm³/mol. The van der Waals surface area contributed by atoms with Gasteiger partial charge in [0.25, 0.3) is 0 Å². The number of aromatic nitrogens is 1. The topological polar surface area (TPSA) is 64.4 Å². The van der Waals surface area contributed by atoms with Crippen LogP contribution >= 0.6 is 15.9 Å². The minimum atomic E-state index is -0.458. The number of nitrogens with one attached hydrogen (secondary N) is 1.